The molecular formula is C22H15BrN2O3. The van der Waals surface area contributed by atoms with Crippen molar-refractivity contribution in [1.82, 2.24) is 4.98 Å². The molecule has 0 bridgehead atoms. The van der Waals surface area contributed by atoms with Crippen LogP contribution in [0.15, 0.2) is 65.4 Å². The lowest BCUT2D eigenvalue weighted by atomic mass is 10.0. The first kappa shape index (κ1) is 18.2. The van der Waals surface area contributed by atoms with Crippen molar-refractivity contribution in [3.63, 3.8) is 0 Å². The average Bonchev–Trinajstić information content (AvgIpc) is 2.75. The molecular weight excluding hydrogens is 420 g/mol. The van der Waals surface area contributed by atoms with Gasteiger partial charge in [0.15, 0.2) is 5.78 Å². The fraction of sp³-hybridized carbons (Fsp3) is 0.136. The van der Waals surface area contributed by atoms with Crippen LogP contribution in [0.1, 0.15) is 39.6 Å². The summed E-state index contributed by atoms with van der Waals surface area (Å²) in [4.78, 5) is 16.2. The van der Waals surface area contributed by atoms with Crippen molar-refractivity contribution >= 4 is 21.7 Å². The Morgan fingerprint density at radius 2 is 1.79 bits per heavy atom. The van der Waals surface area contributed by atoms with Gasteiger partial charge >= 0.3 is 0 Å². The summed E-state index contributed by atoms with van der Waals surface area (Å²) in [6.45, 7) is 0.358. The van der Waals surface area contributed by atoms with E-state index in [0.717, 1.165) is 11.1 Å². The fourth-order valence-electron chi connectivity index (χ4n) is 3.10. The Morgan fingerprint density at radius 1 is 1.07 bits per heavy atom. The van der Waals surface area contributed by atoms with Crippen molar-refractivity contribution in [3.8, 4) is 17.6 Å². The highest BCUT2D eigenvalue weighted by atomic mass is 79.9. The first-order valence-electron chi connectivity index (χ1n) is 8.72. The lowest BCUT2D eigenvalue weighted by Gasteiger charge is -2.24. The van der Waals surface area contributed by atoms with Crippen molar-refractivity contribution in [1.29, 1.82) is 5.26 Å². The molecule has 1 aliphatic rings. The minimum absolute atomic E-state index is 0.0614. The van der Waals surface area contributed by atoms with Crippen LogP contribution in [0.4, 0.5) is 0 Å². The number of hydrogen-bond donors (Lipinski definition) is 0. The number of ether oxygens (including phenoxy) is 2. The number of Topliss-reactive ketones (excluding diaryl/α,β-unsaturated/α-hetero) is 1. The van der Waals surface area contributed by atoms with Crippen LogP contribution in [-0.4, -0.2) is 17.4 Å². The first-order chi connectivity index (χ1) is 13.7. The Morgan fingerprint density at radius 3 is 2.50 bits per heavy atom. The normalized spacial score (nSPS) is 13.8. The van der Waals surface area contributed by atoms with Gasteiger partial charge < -0.3 is 9.47 Å². The molecule has 0 aliphatic carbocycles. The van der Waals surface area contributed by atoms with Gasteiger partial charge in [-0.25, -0.2) is 0 Å². The van der Waals surface area contributed by atoms with Crippen LogP contribution >= 0.6 is 15.9 Å². The molecule has 138 valence electrons. The average molecular weight is 435 g/mol. The summed E-state index contributed by atoms with van der Waals surface area (Å²) in [6.07, 6.45) is 3.38. The minimum atomic E-state index is -0.413. The molecule has 0 amide bonds. The van der Waals surface area contributed by atoms with Gasteiger partial charge in [0.25, 0.3) is 0 Å². The maximum absolute atomic E-state index is 12.1. The summed E-state index contributed by atoms with van der Waals surface area (Å²) in [7, 11) is 0. The van der Waals surface area contributed by atoms with E-state index < -0.39 is 6.10 Å². The number of pyridine rings is 1. The summed E-state index contributed by atoms with van der Waals surface area (Å²) in [5.41, 5.74) is 2.96. The van der Waals surface area contributed by atoms with E-state index >= 15 is 0 Å². The number of nitrogens with zero attached hydrogens (tertiary/aromatic N) is 2. The third kappa shape index (κ3) is 3.49. The van der Waals surface area contributed by atoms with Crippen LogP contribution in [0.25, 0.3) is 0 Å². The van der Waals surface area contributed by atoms with E-state index in [1.54, 1.807) is 36.7 Å². The largest absolute Gasteiger partial charge is 0.491 e. The number of carbonyl (C=O) groups excluding carboxylic acids is 1. The van der Waals surface area contributed by atoms with Crippen LogP contribution in [-0.2, 0) is 0 Å². The molecule has 0 spiro atoms. The summed E-state index contributed by atoms with van der Waals surface area (Å²) in [5, 5.41) is 9.05. The highest BCUT2D eigenvalue weighted by Gasteiger charge is 2.25. The Hall–Kier alpha value is -3.17. The zero-order valence-electron chi connectivity index (χ0n) is 14.8. The third-order valence-electron chi connectivity index (χ3n) is 4.53. The number of halogens is 1. The third-order valence-corrected chi connectivity index (χ3v) is 5.28. The molecule has 2 aromatic carbocycles. The topological polar surface area (TPSA) is 72.2 Å². The maximum atomic E-state index is 12.1. The Bertz CT molecular complexity index is 1060. The number of hydrogen-bond acceptors (Lipinski definition) is 5. The molecule has 0 unspecified atom stereocenters. The highest BCUT2D eigenvalue weighted by Crippen LogP contribution is 2.42. The molecule has 1 aromatic heterocycles. The van der Waals surface area contributed by atoms with Gasteiger partial charge in [0.2, 0.25) is 0 Å². The van der Waals surface area contributed by atoms with Gasteiger partial charge in [-0.2, -0.15) is 5.26 Å². The van der Waals surface area contributed by atoms with E-state index in [-0.39, 0.29) is 5.78 Å². The van der Waals surface area contributed by atoms with Crippen molar-refractivity contribution in [2.24, 2.45) is 0 Å². The second-order valence-electron chi connectivity index (χ2n) is 6.29. The first-order valence-corrected chi connectivity index (χ1v) is 9.52. The van der Waals surface area contributed by atoms with Gasteiger partial charge in [-0.3, -0.25) is 9.78 Å². The number of carbonyl (C=O) groups is 1. The second-order valence-corrected chi connectivity index (χ2v) is 7.08. The standard InChI is InChI=1S/C22H15BrN2O3/c23-20-19(6-5-17-18(26)9-12-27-22(17)20)28-21(16-7-10-25-11-8-16)15-3-1-14(13-24)2-4-15/h1-8,10-11,21H,9,12H2/t21-/m1/s1. The molecule has 28 heavy (non-hydrogen) atoms. The molecule has 1 atom stereocenters. The summed E-state index contributed by atoms with van der Waals surface area (Å²) < 4.78 is 12.7. The molecule has 5 nitrogen and oxygen atoms in total. The summed E-state index contributed by atoms with van der Waals surface area (Å²) in [5.74, 6) is 1.15. The molecule has 4 rings (SSSR count). The van der Waals surface area contributed by atoms with E-state index in [1.165, 1.54) is 0 Å². The lowest BCUT2D eigenvalue weighted by molar-refractivity contribution is 0.0932. The van der Waals surface area contributed by atoms with Crippen LogP contribution in [0.2, 0.25) is 0 Å². The number of rotatable bonds is 4. The smallest absolute Gasteiger partial charge is 0.170 e. The van der Waals surface area contributed by atoms with E-state index in [1.807, 2.05) is 24.3 Å². The van der Waals surface area contributed by atoms with Gasteiger partial charge in [-0.15, -0.1) is 0 Å². The molecule has 2 heterocycles. The van der Waals surface area contributed by atoms with Gasteiger partial charge in [0.1, 0.15) is 22.1 Å². The highest BCUT2D eigenvalue weighted by molar-refractivity contribution is 9.10. The van der Waals surface area contributed by atoms with Gasteiger partial charge in [0, 0.05) is 18.8 Å². The predicted octanol–water partition coefficient (Wildman–Crippen LogP) is 4.85. The molecule has 0 fully saturated rings. The van der Waals surface area contributed by atoms with Crippen molar-refractivity contribution in [2.45, 2.75) is 12.5 Å². The van der Waals surface area contributed by atoms with Crippen LogP contribution < -0.4 is 9.47 Å². The van der Waals surface area contributed by atoms with Crippen LogP contribution in [0, 0.1) is 11.3 Å². The van der Waals surface area contributed by atoms with E-state index in [4.69, 9.17) is 14.7 Å². The molecule has 3 aromatic rings. The van der Waals surface area contributed by atoms with E-state index in [2.05, 4.69) is 27.0 Å². The number of nitriles is 1. The van der Waals surface area contributed by atoms with E-state index in [9.17, 15) is 4.79 Å². The monoisotopic (exact) mass is 434 g/mol. The van der Waals surface area contributed by atoms with Crippen molar-refractivity contribution in [3.05, 3.63) is 87.7 Å². The fourth-order valence-corrected chi connectivity index (χ4v) is 3.65. The lowest BCUT2D eigenvalue weighted by Crippen LogP contribution is -2.16. The number of benzene rings is 2. The Balaban J connectivity index is 1.74. The summed E-state index contributed by atoms with van der Waals surface area (Å²) >= 11 is 3.53. The van der Waals surface area contributed by atoms with Gasteiger partial charge in [-0.1, -0.05) is 12.1 Å². The zero-order chi connectivity index (χ0) is 19.5. The summed E-state index contributed by atoms with van der Waals surface area (Å²) in [6, 6.07) is 16.7. The maximum Gasteiger partial charge on any atom is 0.170 e. The molecule has 0 radical (unpaired) electrons. The van der Waals surface area contributed by atoms with Gasteiger partial charge in [-0.05, 0) is 63.5 Å². The minimum Gasteiger partial charge on any atom is -0.491 e. The second kappa shape index (κ2) is 7.83. The Labute approximate surface area is 170 Å². The van der Waals surface area contributed by atoms with E-state index in [0.29, 0.717) is 40.1 Å². The van der Waals surface area contributed by atoms with Crippen molar-refractivity contribution in [2.75, 3.05) is 6.61 Å². The number of fused-ring (bicyclic) bond motifs is 1. The van der Waals surface area contributed by atoms with Crippen LogP contribution in [0.3, 0.4) is 0 Å². The quantitative estimate of drug-likeness (QED) is 0.586. The SMILES string of the molecule is N#Cc1ccc([C@@H](Oc2ccc3c(c2Br)OCCC3=O)c2ccncc2)cc1. The molecule has 6 heteroatoms. The van der Waals surface area contributed by atoms with Crippen molar-refractivity contribution < 1.29 is 14.3 Å². The molecule has 0 saturated carbocycles. The molecule has 1 aliphatic heterocycles. The number of aromatic nitrogens is 1. The number of ketones is 1. The Kier molecular flexibility index (Phi) is 5.09. The molecule has 0 saturated heterocycles. The zero-order valence-corrected chi connectivity index (χ0v) is 16.3. The molecule has 0 N–H and O–H groups in total. The predicted molar refractivity (Wildman–Crippen MR) is 106 cm³/mol. The van der Waals surface area contributed by atoms with Crippen LogP contribution in [0.5, 0.6) is 11.5 Å². The van der Waals surface area contributed by atoms with Gasteiger partial charge in [0.05, 0.1) is 23.8 Å².